The number of hydrogen-bond acceptors (Lipinski definition) is 4. The molecule has 1 heterocycles. The summed E-state index contributed by atoms with van der Waals surface area (Å²) in [7, 11) is 0. The van der Waals surface area contributed by atoms with Crippen LogP contribution in [0.5, 0.6) is 5.75 Å². The maximum Gasteiger partial charge on any atom is 0.326 e. The van der Waals surface area contributed by atoms with Crippen molar-refractivity contribution in [2.24, 2.45) is 0 Å². The van der Waals surface area contributed by atoms with Crippen LogP contribution in [0.1, 0.15) is 37.7 Å². The normalized spacial score (nSPS) is 13.9. The summed E-state index contributed by atoms with van der Waals surface area (Å²) >= 11 is 0. The van der Waals surface area contributed by atoms with Crippen LogP contribution in [0, 0.1) is 0 Å². The Balaban J connectivity index is 1.72. The molecular formula is C19H24N2O5. The molecule has 0 radical (unpaired) electrons. The Hall–Kier alpha value is -2.83. The van der Waals surface area contributed by atoms with E-state index in [1.54, 1.807) is 12.1 Å². The van der Waals surface area contributed by atoms with Crippen LogP contribution in [0.2, 0.25) is 0 Å². The van der Waals surface area contributed by atoms with Gasteiger partial charge in [-0.25, -0.2) is 4.79 Å². The van der Waals surface area contributed by atoms with Crippen LogP contribution in [0.15, 0.2) is 30.9 Å². The van der Waals surface area contributed by atoms with Gasteiger partial charge in [0.1, 0.15) is 11.8 Å². The third-order valence-corrected chi connectivity index (χ3v) is 4.08. The quantitative estimate of drug-likeness (QED) is 0.438. The first-order valence-corrected chi connectivity index (χ1v) is 8.68. The van der Waals surface area contributed by atoms with E-state index in [1.807, 2.05) is 12.1 Å². The van der Waals surface area contributed by atoms with Gasteiger partial charge in [0, 0.05) is 18.5 Å². The number of anilines is 1. The van der Waals surface area contributed by atoms with Gasteiger partial charge < -0.3 is 20.5 Å². The third-order valence-electron chi connectivity index (χ3n) is 4.08. The average molecular weight is 360 g/mol. The second-order valence-electron chi connectivity index (χ2n) is 6.14. The number of nitrogens with one attached hydrogen (secondary N) is 2. The Kier molecular flexibility index (Phi) is 7.20. The molecule has 1 aliphatic heterocycles. The molecule has 0 saturated carbocycles. The molecule has 0 bridgehead atoms. The highest BCUT2D eigenvalue weighted by Gasteiger charge is 2.18. The maximum atomic E-state index is 11.9. The SMILES string of the molecule is C=CCCC(NC(=O)CCCOc1ccc2c(c1)CCC(=O)N2)C(=O)O. The topological polar surface area (TPSA) is 105 Å². The Morgan fingerprint density at radius 2 is 2.19 bits per heavy atom. The van der Waals surface area contributed by atoms with Crippen molar-refractivity contribution >= 4 is 23.5 Å². The van der Waals surface area contributed by atoms with Gasteiger partial charge in [0.25, 0.3) is 0 Å². The van der Waals surface area contributed by atoms with Crippen LogP contribution in [0.25, 0.3) is 0 Å². The van der Waals surface area contributed by atoms with Crippen molar-refractivity contribution in [3.63, 3.8) is 0 Å². The lowest BCUT2D eigenvalue weighted by Crippen LogP contribution is -2.40. The number of allylic oxidation sites excluding steroid dienone is 1. The summed E-state index contributed by atoms with van der Waals surface area (Å²) in [4.78, 5) is 34.3. The molecule has 2 amide bonds. The second-order valence-corrected chi connectivity index (χ2v) is 6.14. The highest BCUT2D eigenvalue weighted by molar-refractivity contribution is 5.94. The largest absolute Gasteiger partial charge is 0.494 e. The van der Waals surface area contributed by atoms with E-state index >= 15 is 0 Å². The van der Waals surface area contributed by atoms with Gasteiger partial charge in [0.2, 0.25) is 11.8 Å². The number of benzene rings is 1. The number of ether oxygens (including phenoxy) is 1. The Morgan fingerprint density at radius 1 is 1.38 bits per heavy atom. The fourth-order valence-corrected chi connectivity index (χ4v) is 2.68. The number of hydrogen-bond donors (Lipinski definition) is 3. The van der Waals surface area contributed by atoms with Gasteiger partial charge in [0.05, 0.1) is 6.61 Å². The Labute approximate surface area is 152 Å². The van der Waals surface area contributed by atoms with Crippen molar-refractivity contribution in [3.05, 3.63) is 36.4 Å². The molecule has 1 aromatic rings. The number of rotatable bonds is 10. The van der Waals surface area contributed by atoms with Crippen molar-refractivity contribution in [1.82, 2.24) is 5.32 Å². The van der Waals surface area contributed by atoms with Crippen molar-refractivity contribution in [1.29, 1.82) is 0 Å². The Morgan fingerprint density at radius 3 is 2.92 bits per heavy atom. The predicted octanol–water partition coefficient (Wildman–Crippen LogP) is 2.27. The van der Waals surface area contributed by atoms with E-state index in [2.05, 4.69) is 17.2 Å². The number of aliphatic carboxylic acids is 1. The highest BCUT2D eigenvalue weighted by Crippen LogP contribution is 2.26. The van der Waals surface area contributed by atoms with E-state index in [1.165, 1.54) is 0 Å². The van der Waals surface area contributed by atoms with Crippen molar-refractivity contribution in [3.8, 4) is 5.75 Å². The van der Waals surface area contributed by atoms with Gasteiger partial charge in [-0.05, 0) is 49.4 Å². The summed E-state index contributed by atoms with van der Waals surface area (Å²) in [5.74, 6) is -0.643. The summed E-state index contributed by atoms with van der Waals surface area (Å²) in [6, 6.07) is 4.59. The molecule has 1 unspecified atom stereocenters. The lowest BCUT2D eigenvalue weighted by atomic mass is 10.0. The van der Waals surface area contributed by atoms with Crippen LogP contribution in [-0.2, 0) is 20.8 Å². The summed E-state index contributed by atoms with van der Waals surface area (Å²) in [6.45, 7) is 3.90. The number of carboxylic acid groups (broad SMARTS) is 1. The number of carboxylic acids is 1. The predicted molar refractivity (Wildman–Crippen MR) is 97.1 cm³/mol. The molecule has 26 heavy (non-hydrogen) atoms. The van der Waals surface area contributed by atoms with Crippen LogP contribution in [-0.4, -0.2) is 35.5 Å². The molecule has 7 heteroatoms. The van der Waals surface area contributed by atoms with Crippen LogP contribution in [0.3, 0.4) is 0 Å². The molecule has 3 N–H and O–H groups in total. The van der Waals surface area contributed by atoms with Gasteiger partial charge in [-0.2, -0.15) is 0 Å². The van der Waals surface area contributed by atoms with Crippen molar-refractivity contribution in [2.45, 2.75) is 44.6 Å². The summed E-state index contributed by atoms with van der Waals surface area (Å²) in [5, 5.41) is 14.4. The first-order chi connectivity index (χ1) is 12.5. The zero-order valence-electron chi connectivity index (χ0n) is 14.6. The minimum absolute atomic E-state index is 0.0185. The van der Waals surface area contributed by atoms with Gasteiger partial charge >= 0.3 is 5.97 Å². The average Bonchev–Trinajstić information content (AvgIpc) is 2.62. The van der Waals surface area contributed by atoms with Gasteiger partial charge in [-0.1, -0.05) is 6.08 Å². The van der Waals surface area contributed by atoms with Crippen LogP contribution in [0.4, 0.5) is 5.69 Å². The zero-order chi connectivity index (χ0) is 18.9. The number of aryl methyl sites for hydroxylation is 1. The molecule has 1 aromatic carbocycles. The molecule has 0 saturated heterocycles. The maximum absolute atomic E-state index is 11.9. The number of carbonyl (C=O) groups excluding carboxylic acids is 2. The Bertz CT molecular complexity index is 687. The molecule has 2 rings (SSSR count). The van der Waals surface area contributed by atoms with Crippen molar-refractivity contribution < 1.29 is 24.2 Å². The second kappa shape index (κ2) is 9.60. The molecule has 0 aromatic heterocycles. The molecular weight excluding hydrogens is 336 g/mol. The van der Waals surface area contributed by atoms with E-state index < -0.39 is 12.0 Å². The first kappa shape index (κ1) is 19.5. The smallest absolute Gasteiger partial charge is 0.326 e. The highest BCUT2D eigenvalue weighted by atomic mass is 16.5. The lowest BCUT2D eigenvalue weighted by molar-refractivity contribution is -0.142. The van der Waals surface area contributed by atoms with Gasteiger partial charge in [0.15, 0.2) is 0 Å². The fraction of sp³-hybridized carbons (Fsp3) is 0.421. The molecule has 0 fully saturated rings. The van der Waals surface area contributed by atoms with E-state index in [9.17, 15) is 14.4 Å². The zero-order valence-corrected chi connectivity index (χ0v) is 14.6. The van der Waals surface area contributed by atoms with Gasteiger partial charge in [-0.15, -0.1) is 6.58 Å². The molecule has 1 atom stereocenters. The van der Waals surface area contributed by atoms with E-state index in [4.69, 9.17) is 9.84 Å². The van der Waals surface area contributed by atoms with Gasteiger partial charge in [-0.3, -0.25) is 9.59 Å². The molecule has 1 aliphatic rings. The number of amides is 2. The van der Waals surface area contributed by atoms with Crippen LogP contribution >= 0.6 is 0 Å². The lowest BCUT2D eigenvalue weighted by Gasteiger charge is -2.17. The molecule has 0 spiro atoms. The third kappa shape index (κ3) is 5.91. The van der Waals surface area contributed by atoms with E-state index in [0.717, 1.165) is 11.3 Å². The minimum atomic E-state index is -1.04. The summed E-state index contributed by atoms with van der Waals surface area (Å²) in [5.41, 5.74) is 1.85. The minimum Gasteiger partial charge on any atom is -0.494 e. The monoisotopic (exact) mass is 360 g/mol. The number of carbonyl (C=O) groups is 3. The molecule has 140 valence electrons. The van der Waals surface area contributed by atoms with E-state index in [-0.39, 0.29) is 18.2 Å². The molecule has 0 aliphatic carbocycles. The summed E-state index contributed by atoms with van der Waals surface area (Å²) < 4.78 is 5.64. The van der Waals surface area contributed by atoms with Crippen LogP contribution < -0.4 is 15.4 Å². The standard InChI is InChI=1S/C19H24N2O5/c1-2-3-5-16(19(24)25)21-17(22)6-4-11-26-14-8-9-15-13(12-14)7-10-18(23)20-15/h2,8-9,12,16H,1,3-7,10-11H2,(H,20,23)(H,21,22)(H,24,25). The van der Waals surface area contributed by atoms with Crippen molar-refractivity contribution in [2.75, 3.05) is 11.9 Å². The number of fused-ring (bicyclic) bond motifs is 1. The summed E-state index contributed by atoms with van der Waals surface area (Å²) in [6.07, 6.45) is 4.30. The van der Waals surface area contributed by atoms with E-state index in [0.29, 0.717) is 44.5 Å². The first-order valence-electron chi connectivity index (χ1n) is 8.68. The molecule has 7 nitrogen and oxygen atoms in total. The fourth-order valence-electron chi connectivity index (χ4n) is 2.68.